The van der Waals surface area contributed by atoms with Gasteiger partial charge in [0.2, 0.25) is 5.78 Å². The minimum atomic E-state index is -0.756. The maximum atomic E-state index is 12.8. The summed E-state index contributed by atoms with van der Waals surface area (Å²) < 4.78 is 0. The molecule has 0 bridgehead atoms. The summed E-state index contributed by atoms with van der Waals surface area (Å²) in [6.07, 6.45) is 6.26. The molecule has 0 radical (unpaired) electrons. The first kappa shape index (κ1) is 20.6. The predicted molar refractivity (Wildman–Crippen MR) is 111 cm³/mol. The zero-order valence-electron chi connectivity index (χ0n) is 15.8. The van der Waals surface area contributed by atoms with E-state index in [0.717, 1.165) is 40.4 Å². The van der Waals surface area contributed by atoms with Gasteiger partial charge in [-0.3, -0.25) is 9.59 Å². The Labute approximate surface area is 174 Å². The maximum Gasteiger partial charge on any atom is 0.215 e. The lowest BCUT2D eigenvalue weighted by Gasteiger charge is -2.33. The van der Waals surface area contributed by atoms with Crippen LogP contribution in [-0.4, -0.2) is 21.7 Å². The van der Waals surface area contributed by atoms with E-state index in [1.54, 1.807) is 17.4 Å². The maximum absolute atomic E-state index is 12.8. The largest absolute Gasteiger partial charge is 0.462 e. The fraction of sp³-hybridized carbons (Fsp3) is 0.409. The number of aliphatic hydroxyl groups is 1. The molecule has 0 spiro atoms. The first-order valence-corrected chi connectivity index (χ1v) is 10.6. The summed E-state index contributed by atoms with van der Waals surface area (Å²) >= 11 is 7.49. The van der Waals surface area contributed by atoms with Crippen LogP contribution in [0.25, 0.3) is 10.6 Å². The number of Topliss-reactive ketones (excluding diaryl/α,β-unsaturated/α-hetero) is 2. The Bertz CT molecular complexity index is 931. The monoisotopic (exact) mass is 415 g/mol. The molecule has 0 unspecified atom stereocenters. The average Bonchev–Trinajstić information content (AvgIpc) is 3.03. The lowest BCUT2D eigenvalue weighted by Crippen LogP contribution is -2.35. The lowest BCUT2D eigenvalue weighted by molar-refractivity contribution is -0.131. The number of halogens is 1. The van der Waals surface area contributed by atoms with Crippen LogP contribution in [0.3, 0.4) is 0 Å². The molecule has 1 aromatic heterocycles. The van der Waals surface area contributed by atoms with E-state index in [1.807, 2.05) is 31.2 Å². The zero-order valence-corrected chi connectivity index (χ0v) is 17.3. The molecule has 3 rings (SSSR count). The number of hydrogen-bond donors (Lipinski definition) is 1. The normalized spacial score (nSPS) is 15.5. The van der Waals surface area contributed by atoms with Crippen LogP contribution in [-0.2, 0) is 16.0 Å². The van der Waals surface area contributed by atoms with Gasteiger partial charge < -0.3 is 5.11 Å². The number of carbonyl (C=O) groups excluding carboxylic acids is 2. The number of rotatable bonds is 6. The standard InChI is InChI=1S/C22H22ClNO3S/c1-15-19(24-21(28-15)16-5-7-17(23)8-6-16)13-18(26)14-22(20(27)9-12-25)10-3-2-4-11-22/h5-8,25H,2-4,10-11,13-14H2,1H3. The molecular formula is C22H22ClNO3S. The third kappa shape index (κ3) is 4.63. The molecule has 1 saturated carbocycles. The van der Waals surface area contributed by atoms with Crippen molar-refractivity contribution in [2.24, 2.45) is 5.41 Å². The minimum Gasteiger partial charge on any atom is -0.462 e. The van der Waals surface area contributed by atoms with Crippen molar-refractivity contribution < 1.29 is 14.7 Å². The Morgan fingerprint density at radius 1 is 1.21 bits per heavy atom. The second-order valence-corrected chi connectivity index (χ2v) is 8.97. The van der Waals surface area contributed by atoms with Crippen molar-refractivity contribution in [1.29, 1.82) is 0 Å². The third-order valence-electron chi connectivity index (χ3n) is 5.35. The van der Waals surface area contributed by atoms with E-state index >= 15 is 0 Å². The van der Waals surface area contributed by atoms with E-state index in [-0.39, 0.29) is 24.4 Å². The van der Waals surface area contributed by atoms with E-state index in [9.17, 15) is 9.59 Å². The van der Waals surface area contributed by atoms with Crippen molar-refractivity contribution in [3.05, 3.63) is 39.9 Å². The number of carbonyl (C=O) groups is 2. The first-order valence-electron chi connectivity index (χ1n) is 9.37. The molecule has 1 N–H and O–H groups in total. The summed E-state index contributed by atoms with van der Waals surface area (Å²) in [5, 5.41) is 10.4. The molecule has 1 aliphatic rings. The van der Waals surface area contributed by atoms with Crippen LogP contribution in [0.1, 0.15) is 49.1 Å². The van der Waals surface area contributed by atoms with Crippen LogP contribution in [0.2, 0.25) is 5.02 Å². The molecule has 0 aliphatic heterocycles. The molecule has 6 heteroatoms. The Kier molecular flexibility index (Phi) is 6.53. The molecule has 1 fully saturated rings. The summed E-state index contributed by atoms with van der Waals surface area (Å²) in [5.41, 5.74) is 0.966. The van der Waals surface area contributed by atoms with Gasteiger partial charge in [-0.15, -0.1) is 11.3 Å². The van der Waals surface area contributed by atoms with Crippen LogP contribution in [0.15, 0.2) is 24.3 Å². The quantitative estimate of drug-likeness (QED) is 0.664. The zero-order chi connectivity index (χ0) is 20.1. The summed E-state index contributed by atoms with van der Waals surface area (Å²) in [5.74, 6) is 1.93. The van der Waals surface area contributed by atoms with Gasteiger partial charge in [0.05, 0.1) is 5.69 Å². The lowest BCUT2D eigenvalue weighted by atomic mass is 9.68. The predicted octanol–water partition coefficient (Wildman–Crippen LogP) is 5.13. The molecule has 1 aliphatic carbocycles. The Morgan fingerprint density at radius 2 is 1.89 bits per heavy atom. The van der Waals surface area contributed by atoms with Crippen molar-refractivity contribution >= 4 is 34.5 Å². The molecule has 4 nitrogen and oxygen atoms in total. The second-order valence-electron chi connectivity index (χ2n) is 7.33. The summed E-state index contributed by atoms with van der Waals surface area (Å²) in [6, 6.07) is 7.46. The van der Waals surface area contributed by atoms with Crippen LogP contribution in [0.5, 0.6) is 0 Å². The molecule has 1 heterocycles. The Hall–Kier alpha value is -2.16. The number of aromatic nitrogens is 1. The van der Waals surface area contributed by atoms with E-state index in [2.05, 4.69) is 10.9 Å². The van der Waals surface area contributed by atoms with Crippen molar-refractivity contribution in [3.8, 4) is 22.6 Å². The number of nitrogens with zero attached hydrogens (tertiary/aromatic N) is 1. The van der Waals surface area contributed by atoms with E-state index < -0.39 is 5.41 Å². The number of aryl methyl sites for hydroxylation is 1. The Balaban J connectivity index is 1.75. The van der Waals surface area contributed by atoms with Gasteiger partial charge in [0, 0.05) is 39.6 Å². The van der Waals surface area contributed by atoms with Crippen molar-refractivity contribution in [2.45, 2.75) is 51.9 Å². The molecule has 146 valence electrons. The number of aliphatic hydroxyl groups excluding tert-OH is 1. The molecule has 28 heavy (non-hydrogen) atoms. The Morgan fingerprint density at radius 3 is 2.54 bits per heavy atom. The molecular weight excluding hydrogens is 394 g/mol. The number of benzene rings is 1. The average molecular weight is 416 g/mol. The number of ketones is 2. The minimum absolute atomic E-state index is 0.00829. The van der Waals surface area contributed by atoms with E-state index in [1.165, 1.54) is 0 Å². The van der Waals surface area contributed by atoms with Gasteiger partial charge in [-0.1, -0.05) is 43.0 Å². The first-order chi connectivity index (χ1) is 13.4. The van der Waals surface area contributed by atoms with Crippen molar-refractivity contribution in [2.75, 3.05) is 0 Å². The highest BCUT2D eigenvalue weighted by Crippen LogP contribution is 2.41. The molecule has 2 aromatic rings. The summed E-state index contributed by atoms with van der Waals surface area (Å²) in [4.78, 5) is 30.9. The summed E-state index contributed by atoms with van der Waals surface area (Å²) in [7, 11) is 0. The SMILES string of the molecule is Cc1sc(-c2ccc(Cl)cc2)nc1CC(=O)CC1(C(=O)C#CO)CCCCC1. The second kappa shape index (κ2) is 8.89. The highest BCUT2D eigenvalue weighted by Gasteiger charge is 2.40. The molecule has 0 amide bonds. The van der Waals surface area contributed by atoms with Gasteiger partial charge in [-0.2, -0.15) is 0 Å². The topological polar surface area (TPSA) is 67.3 Å². The van der Waals surface area contributed by atoms with Gasteiger partial charge in [-0.05, 0) is 31.9 Å². The van der Waals surface area contributed by atoms with Gasteiger partial charge in [0.25, 0.3) is 0 Å². The molecule has 0 atom stereocenters. The van der Waals surface area contributed by atoms with Gasteiger partial charge in [0.15, 0.2) is 0 Å². The van der Waals surface area contributed by atoms with E-state index in [4.69, 9.17) is 16.7 Å². The summed E-state index contributed by atoms with van der Waals surface area (Å²) in [6.45, 7) is 1.96. The van der Waals surface area contributed by atoms with Gasteiger partial charge in [0.1, 0.15) is 16.9 Å². The third-order valence-corrected chi connectivity index (χ3v) is 6.66. The molecule has 1 aromatic carbocycles. The highest BCUT2D eigenvalue weighted by atomic mass is 35.5. The van der Waals surface area contributed by atoms with Crippen molar-refractivity contribution in [3.63, 3.8) is 0 Å². The van der Waals surface area contributed by atoms with Crippen LogP contribution < -0.4 is 0 Å². The number of hydrogen-bond acceptors (Lipinski definition) is 5. The van der Waals surface area contributed by atoms with Gasteiger partial charge in [-0.25, -0.2) is 4.98 Å². The van der Waals surface area contributed by atoms with Crippen molar-refractivity contribution in [1.82, 2.24) is 4.98 Å². The smallest absolute Gasteiger partial charge is 0.215 e. The van der Waals surface area contributed by atoms with Crippen LogP contribution >= 0.6 is 22.9 Å². The number of thiazole rings is 1. The van der Waals surface area contributed by atoms with E-state index in [0.29, 0.717) is 17.9 Å². The fourth-order valence-corrected chi connectivity index (χ4v) is 4.89. The fourth-order valence-electron chi connectivity index (χ4n) is 3.83. The molecule has 0 saturated heterocycles. The van der Waals surface area contributed by atoms with Crippen LogP contribution in [0, 0.1) is 24.4 Å². The van der Waals surface area contributed by atoms with Crippen LogP contribution in [0.4, 0.5) is 0 Å². The van der Waals surface area contributed by atoms with Gasteiger partial charge >= 0.3 is 0 Å². The highest BCUT2D eigenvalue weighted by molar-refractivity contribution is 7.15.